The lowest BCUT2D eigenvalue weighted by Gasteiger charge is -2.17. The fraction of sp³-hybridized carbons (Fsp3) is 0.167. The molecule has 1 fully saturated rings. The predicted octanol–water partition coefficient (Wildman–Crippen LogP) is 3.02. The Balaban J connectivity index is 1.63. The van der Waals surface area contributed by atoms with Crippen LogP contribution < -0.4 is 9.62 Å². The number of hydrogen-bond acceptors (Lipinski definition) is 3. The van der Waals surface area contributed by atoms with E-state index in [0.29, 0.717) is 29.9 Å². The molecule has 0 radical (unpaired) electrons. The molecule has 3 rings (SSSR count). The number of sulfonamides is 1. The number of rotatable bonds is 4. The summed E-state index contributed by atoms with van der Waals surface area (Å²) >= 11 is 0. The topological polar surface area (TPSA) is 66.5 Å². The lowest BCUT2D eigenvalue weighted by Crippen LogP contribution is -2.24. The zero-order valence-corrected chi connectivity index (χ0v) is 14.2. The highest BCUT2D eigenvalue weighted by atomic mass is 32.2. The summed E-state index contributed by atoms with van der Waals surface area (Å²) in [7, 11) is -3.21. The second-order valence-corrected chi connectivity index (χ2v) is 7.68. The van der Waals surface area contributed by atoms with Gasteiger partial charge in [-0.2, -0.15) is 0 Å². The molecule has 2 aromatic carbocycles. The van der Waals surface area contributed by atoms with E-state index in [-0.39, 0.29) is 17.5 Å². The molecule has 1 aliphatic heterocycles. The van der Waals surface area contributed by atoms with Crippen LogP contribution in [0.15, 0.2) is 54.6 Å². The second kappa shape index (κ2) is 7.06. The maximum Gasteiger partial charge on any atom is 0.248 e. The molecule has 1 N–H and O–H groups in total. The molecule has 1 heterocycles. The Morgan fingerprint density at radius 2 is 1.76 bits per heavy atom. The molecule has 7 heteroatoms. The molecule has 5 nitrogen and oxygen atoms in total. The molecular weight excluding hydrogens is 343 g/mol. The molecule has 0 saturated carbocycles. The molecular formula is C18H17FN2O3S. The number of benzene rings is 2. The number of anilines is 2. The van der Waals surface area contributed by atoms with Gasteiger partial charge in [0.15, 0.2) is 0 Å². The maximum absolute atomic E-state index is 12.8. The number of hydrogen-bond donors (Lipinski definition) is 1. The van der Waals surface area contributed by atoms with E-state index < -0.39 is 10.0 Å². The first-order valence-corrected chi connectivity index (χ1v) is 9.40. The van der Waals surface area contributed by atoms with E-state index in [4.69, 9.17) is 0 Å². The van der Waals surface area contributed by atoms with Gasteiger partial charge in [0, 0.05) is 18.3 Å². The Labute approximate surface area is 145 Å². The van der Waals surface area contributed by atoms with Crippen LogP contribution in [0.2, 0.25) is 0 Å². The van der Waals surface area contributed by atoms with Gasteiger partial charge in [-0.3, -0.25) is 9.10 Å². The number of amides is 1. The number of carbonyl (C=O) groups excluding carboxylic acids is 1. The van der Waals surface area contributed by atoms with Crippen molar-refractivity contribution < 1.29 is 17.6 Å². The SMILES string of the molecule is O=C(/C=C/c1ccc(F)cc1)Nc1ccc(N2CCCS2(=O)=O)cc1. The first-order valence-electron chi connectivity index (χ1n) is 7.79. The summed E-state index contributed by atoms with van der Waals surface area (Å²) in [5, 5.41) is 2.69. The third-order valence-corrected chi connectivity index (χ3v) is 5.69. The Kier molecular flexibility index (Phi) is 4.85. The van der Waals surface area contributed by atoms with Crippen LogP contribution >= 0.6 is 0 Å². The number of carbonyl (C=O) groups is 1. The fourth-order valence-electron chi connectivity index (χ4n) is 2.57. The van der Waals surface area contributed by atoms with Crippen LogP contribution in [0.3, 0.4) is 0 Å². The van der Waals surface area contributed by atoms with Gasteiger partial charge in [-0.25, -0.2) is 12.8 Å². The van der Waals surface area contributed by atoms with Crippen LogP contribution in [0.1, 0.15) is 12.0 Å². The van der Waals surface area contributed by atoms with Crippen molar-refractivity contribution in [3.8, 4) is 0 Å². The first kappa shape index (κ1) is 17.2. The van der Waals surface area contributed by atoms with Crippen LogP contribution in [-0.2, 0) is 14.8 Å². The van der Waals surface area contributed by atoms with Gasteiger partial charge in [0.05, 0.1) is 11.4 Å². The van der Waals surface area contributed by atoms with Crippen LogP contribution in [0.4, 0.5) is 15.8 Å². The van der Waals surface area contributed by atoms with E-state index in [1.165, 1.54) is 22.5 Å². The van der Waals surface area contributed by atoms with E-state index in [0.717, 1.165) is 0 Å². The molecule has 1 aliphatic rings. The molecule has 0 atom stereocenters. The van der Waals surface area contributed by atoms with Crippen molar-refractivity contribution >= 4 is 33.4 Å². The summed E-state index contributed by atoms with van der Waals surface area (Å²) in [6.45, 7) is 0.481. The Hall–Kier alpha value is -2.67. The first-order chi connectivity index (χ1) is 11.9. The van der Waals surface area contributed by atoms with Gasteiger partial charge in [0.25, 0.3) is 0 Å². The standard InChI is InChI=1S/C18H17FN2O3S/c19-15-5-2-14(3-6-15)4-11-18(22)20-16-7-9-17(10-8-16)21-12-1-13-25(21,23)24/h2-11H,1,12-13H2,(H,20,22)/b11-4+. The van der Waals surface area contributed by atoms with Gasteiger partial charge in [-0.15, -0.1) is 0 Å². The molecule has 0 aromatic heterocycles. The van der Waals surface area contributed by atoms with Crippen molar-refractivity contribution in [2.75, 3.05) is 21.9 Å². The van der Waals surface area contributed by atoms with Gasteiger partial charge >= 0.3 is 0 Å². The smallest absolute Gasteiger partial charge is 0.248 e. The summed E-state index contributed by atoms with van der Waals surface area (Å²) in [6.07, 6.45) is 3.56. The van der Waals surface area contributed by atoms with Gasteiger partial charge < -0.3 is 5.32 Å². The Morgan fingerprint density at radius 3 is 2.36 bits per heavy atom. The van der Waals surface area contributed by atoms with E-state index in [1.54, 1.807) is 42.5 Å². The van der Waals surface area contributed by atoms with Crippen LogP contribution in [0.5, 0.6) is 0 Å². The lowest BCUT2D eigenvalue weighted by atomic mass is 10.2. The molecule has 130 valence electrons. The van der Waals surface area contributed by atoms with Gasteiger partial charge in [-0.05, 0) is 54.5 Å². The number of nitrogens with zero attached hydrogens (tertiary/aromatic N) is 1. The van der Waals surface area contributed by atoms with Crippen molar-refractivity contribution in [1.82, 2.24) is 0 Å². The lowest BCUT2D eigenvalue weighted by molar-refractivity contribution is -0.111. The minimum absolute atomic E-state index is 0.166. The summed E-state index contributed by atoms with van der Waals surface area (Å²) < 4.78 is 38.0. The van der Waals surface area contributed by atoms with Crippen LogP contribution in [0, 0.1) is 5.82 Å². The maximum atomic E-state index is 12.8. The predicted molar refractivity (Wildman–Crippen MR) is 96.3 cm³/mol. The average molecular weight is 360 g/mol. The largest absolute Gasteiger partial charge is 0.323 e. The highest BCUT2D eigenvalue weighted by Gasteiger charge is 2.28. The van der Waals surface area contributed by atoms with E-state index in [9.17, 15) is 17.6 Å². The zero-order chi connectivity index (χ0) is 17.9. The van der Waals surface area contributed by atoms with Crippen molar-refractivity contribution in [3.05, 3.63) is 66.0 Å². The average Bonchev–Trinajstić information content (AvgIpc) is 2.94. The third-order valence-electron chi connectivity index (χ3n) is 3.82. The summed E-state index contributed by atoms with van der Waals surface area (Å²) in [4.78, 5) is 11.9. The van der Waals surface area contributed by atoms with Crippen molar-refractivity contribution in [2.45, 2.75) is 6.42 Å². The summed E-state index contributed by atoms with van der Waals surface area (Å²) in [5.74, 6) is -0.493. The van der Waals surface area contributed by atoms with Gasteiger partial charge in [0.2, 0.25) is 15.9 Å². The van der Waals surface area contributed by atoms with Crippen LogP contribution in [0.25, 0.3) is 6.08 Å². The third kappa shape index (κ3) is 4.24. The Bertz CT molecular complexity index is 891. The fourth-order valence-corrected chi connectivity index (χ4v) is 4.13. The van der Waals surface area contributed by atoms with Crippen molar-refractivity contribution in [2.24, 2.45) is 0 Å². The van der Waals surface area contributed by atoms with E-state index >= 15 is 0 Å². The van der Waals surface area contributed by atoms with E-state index in [2.05, 4.69) is 5.32 Å². The summed E-state index contributed by atoms with van der Waals surface area (Å²) in [5.41, 5.74) is 1.87. The van der Waals surface area contributed by atoms with Gasteiger partial charge in [0.1, 0.15) is 5.82 Å². The Morgan fingerprint density at radius 1 is 1.08 bits per heavy atom. The minimum atomic E-state index is -3.21. The highest BCUT2D eigenvalue weighted by Crippen LogP contribution is 2.25. The van der Waals surface area contributed by atoms with Crippen LogP contribution in [-0.4, -0.2) is 26.6 Å². The van der Waals surface area contributed by atoms with E-state index in [1.807, 2.05) is 0 Å². The molecule has 0 bridgehead atoms. The second-order valence-electron chi connectivity index (χ2n) is 5.66. The monoisotopic (exact) mass is 360 g/mol. The molecule has 0 spiro atoms. The molecule has 0 unspecified atom stereocenters. The zero-order valence-electron chi connectivity index (χ0n) is 13.4. The van der Waals surface area contributed by atoms with Crippen molar-refractivity contribution in [1.29, 1.82) is 0 Å². The molecule has 25 heavy (non-hydrogen) atoms. The van der Waals surface area contributed by atoms with Crippen molar-refractivity contribution in [3.63, 3.8) is 0 Å². The van der Waals surface area contributed by atoms with Gasteiger partial charge in [-0.1, -0.05) is 12.1 Å². The number of nitrogens with one attached hydrogen (secondary N) is 1. The minimum Gasteiger partial charge on any atom is -0.323 e. The summed E-state index contributed by atoms with van der Waals surface area (Å²) in [6, 6.07) is 12.4. The molecule has 2 aromatic rings. The molecule has 1 saturated heterocycles. The molecule has 1 amide bonds. The molecule has 0 aliphatic carbocycles. The quantitative estimate of drug-likeness (QED) is 0.853. The number of halogens is 1. The highest BCUT2D eigenvalue weighted by molar-refractivity contribution is 7.93. The normalized spacial score (nSPS) is 16.3.